The van der Waals surface area contributed by atoms with Crippen LogP contribution in [0.3, 0.4) is 0 Å². The molecule has 0 bridgehead atoms. The Kier molecular flexibility index (Phi) is 3.74. The number of nitrogens with one attached hydrogen (secondary N) is 1. The molecular formula is C12H11ClN4O. The number of nitrogens with zero attached hydrogens (tertiary/aromatic N) is 3. The van der Waals surface area contributed by atoms with Crippen molar-refractivity contribution in [2.75, 3.05) is 0 Å². The number of carbonyl (C=O) groups is 1. The summed E-state index contributed by atoms with van der Waals surface area (Å²) >= 11 is 5.95. The summed E-state index contributed by atoms with van der Waals surface area (Å²) in [6.45, 7) is 0. The van der Waals surface area contributed by atoms with Crippen molar-refractivity contribution in [1.29, 1.82) is 0 Å². The maximum atomic E-state index is 11.7. The molecule has 0 aliphatic heterocycles. The van der Waals surface area contributed by atoms with Crippen LogP contribution in [0.4, 0.5) is 0 Å². The standard InChI is InChI=1S/C12H11ClN4O/c1-17-11(6-7-15-17)12(18)16-14-8-9-4-2-3-5-10(9)13/h2-8H,1H3,(H,16,18). The third-order valence-corrected chi connectivity index (χ3v) is 2.67. The van der Waals surface area contributed by atoms with Crippen molar-refractivity contribution >= 4 is 23.7 Å². The minimum Gasteiger partial charge on any atom is -0.266 e. The number of hydrogen-bond acceptors (Lipinski definition) is 3. The van der Waals surface area contributed by atoms with Gasteiger partial charge in [-0.25, -0.2) is 5.43 Å². The molecule has 0 fully saturated rings. The number of benzene rings is 1. The fraction of sp³-hybridized carbons (Fsp3) is 0.0833. The highest BCUT2D eigenvalue weighted by Crippen LogP contribution is 2.12. The van der Waals surface area contributed by atoms with Gasteiger partial charge in [0.05, 0.1) is 6.21 Å². The number of rotatable bonds is 3. The molecule has 1 aromatic heterocycles. The molecule has 0 aliphatic carbocycles. The lowest BCUT2D eigenvalue weighted by molar-refractivity contribution is 0.0946. The Balaban J connectivity index is 2.03. The van der Waals surface area contributed by atoms with E-state index in [0.29, 0.717) is 10.7 Å². The van der Waals surface area contributed by atoms with Gasteiger partial charge >= 0.3 is 0 Å². The zero-order valence-corrected chi connectivity index (χ0v) is 10.4. The molecule has 1 heterocycles. The summed E-state index contributed by atoms with van der Waals surface area (Å²) < 4.78 is 1.47. The van der Waals surface area contributed by atoms with Crippen molar-refractivity contribution in [3.8, 4) is 0 Å². The fourth-order valence-electron chi connectivity index (χ4n) is 1.39. The molecule has 0 aliphatic rings. The third kappa shape index (κ3) is 2.75. The lowest BCUT2D eigenvalue weighted by atomic mass is 10.2. The molecule has 5 nitrogen and oxygen atoms in total. The molecule has 0 radical (unpaired) electrons. The Morgan fingerprint density at radius 2 is 2.22 bits per heavy atom. The number of amides is 1. The van der Waals surface area contributed by atoms with E-state index in [2.05, 4.69) is 15.6 Å². The molecule has 0 spiro atoms. The van der Waals surface area contributed by atoms with Gasteiger partial charge in [0.1, 0.15) is 5.69 Å². The van der Waals surface area contributed by atoms with E-state index in [1.54, 1.807) is 25.4 Å². The minimum absolute atomic E-state index is 0.321. The van der Waals surface area contributed by atoms with Crippen molar-refractivity contribution in [3.63, 3.8) is 0 Å². The minimum atomic E-state index is -0.321. The summed E-state index contributed by atoms with van der Waals surface area (Å²) in [5, 5.41) is 8.33. The first-order valence-electron chi connectivity index (χ1n) is 5.24. The molecule has 0 saturated carbocycles. The highest BCUT2D eigenvalue weighted by Gasteiger charge is 2.07. The Hall–Kier alpha value is -2.14. The zero-order chi connectivity index (χ0) is 13.0. The first-order chi connectivity index (χ1) is 8.68. The normalized spacial score (nSPS) is 10.8. The lowest BCUT2D eigenvalue weighted by Crippen LogP contribution is -2.20. The van der Waals surface area contributed by atoms with Gasteiger partial charge in [0.15, 0.2) is 0 Å². The van der Waals surface area contributed by atoms with Crippen LogP contribution in [0.2, 0.25) is 5.02 Å². The predicted octanol–water partition coefficient (Wildman–Crippen LogP) is 1.84. The Morgan fingerprint density at radius 3 is 2.89 bits per heavy atom. The second-order valence-corrected chi connectivity index (χ2v) is 3.97. The van der Waals surface area contributed by atoms with Crippen molar-refractivity contribution in [1.82, 2.24) is 15.2 Å². The number of carbonyl (C=O) groups excluding carboxylic acids is 1. The molecule has 1 N–H and O–H groups in total. The van der Waals surface area contributed by atoms with Crippen molar-refractivity contribution in [3.05, 3.63) is 52.8 Å². The van der Waals surface area contributed by atoms with Gasteiger partial charge < -0.3 is 0 Å². The number of aryl methyl sites for hydroxylation is 1. The summed E-state index contributed by atoms with van der Waals surface area (Å²) in [4.78, 5) is 11.7. The molecule has 6 heteroatoms. The maximum absolute atomic E-state index is 11.7. The number of halogens is 1. The van der Waals surface area contributed by atoms with Gasteiger partial charge in [0.2, 0.25) is 0 Å². The van der Waals surface area contributed by atoms with Gasteiger partial charge in [-0.2, -0.15) is 10.2 Å². The van der Waals surface area contributed by atoms with Gasteiger partial charge in [-0.1, -0.05) is 29.8 Å². The largest absolute Gasteiger partial charge is 0.289 e. The van der Waals surface area contributed by atoms with E-state index in [9.17, 15) is 4.79 Å². The quantitative estimate of drug-likeness (QED) is 0.678. The second-order valence-electron chi connectivity index (χ2n) is 3.56. The van der Waals surface area contributed by atoms with E-state index in [1.807, 2.05) is 18.2 Å². The van der Waals surface area contributed by atoms with Crippen molar-refractivity contribution in [2.45, 2.75) is 0 Å². The zero-order valence-electron chi connectivity index (χ0n) is 9.67. The number of hydrogen-bond donors (Lipinski definition) is 1. The van der Waals surface area contributed by atoms with Gasteiger partial charge in [-0.05, 0) is 12.1 Å². The molecule has 2 rings (SSSR count). The number of aromatic nitrogens is 2. The van der Waals surface area contributed by atoms with Gasteiger partial charge in [0, 0.05) is 23.8 Å². The van der Waals surface area contributed by atoms with E-state index in [0.717, 1.165) is 5.56 Å². The molecule has 2 aromatic rings. The van der Waals surface area contributed by atoms with Crippen LogP contribution in [0, 0.1) is 0 Å². The Bertz CT molecular complexity index is 591. The average molecular weight is 263 g/mol. The van der Waals surface area contributed by atoms with Crippen LogP contribution >= 0.6 is 11.6 Å². The molecule has 92 valence electrons. The van der Waals surface area contributed by atoms with Crippen molar-refractivity contribution < 1.29 is 4.79 Å². The van der Waals surface area contributed by atoms with Gasteiger partial charge in [-0.3, -0.25) is 9.48 Å². The molecule has 0 saturated heterocycles. The van der Waals surface area contributed by atoms with Gasteiger partial charge in [0.25, 0.3) is 5.91 Å². The van der Waals surface area contributed by atoms with Crippen LogP contribution in [-0.4, -0.2) is 21.9 Å². The molecule has 18 heavy (non-hydrogen) atoms. The van der Waals surface area contributed by atoms with E-state index >= 15 is 0 Å². The van der Waals surface area contributed by atoms with Crippen LogP contribution < -0.4 is 5.43 Å². The topological polar surface area (TPSA) is 59.3 Å². The fourth-order valence-corrected chi connectivity index (χ4v) is 1.58. The Morgan fingerprint density at radius 1 is 1.44 bits per heavy atom. The van der Waals surface area contributed by atoms with Crippen LogP contribution in [0.25, 0.3) is 0 Å². The van der Waals surface area contributed by atoms with Crippen LogP contribution in [0.5, 0.6) is 0 Å². The average Bonchev–Trinajstić information content (AvgIpc) is 2.78. The second kappa shape index (κ2) is 5.46. The lowest BCUT2D eigenvalue weighted by Gasteiger charge is -2.00. The van der Waals surface area contributed by atoms with Crippen LogP contribution in [0.15, 0.2) is 41.6 Å². The number of hydrazone groups is 1. The highest BCUT2D eigenvalue weighted by molar-refractivity contribution is 6.33. The first-order valence-corrected chi connectivity index (χ1v) is 5.62. The Labute approximate surface area is 109 Å². The van der Waals surface area contributed by atoms with Gasteiger partial charge in [-0.15, -0.1) is 0 Å². The first kappa shape index (κ1) is 12.3. The van der Waals surface area contributed by atoms with Crippen LogP contribution in [-0.2, 0) is 7.05 Å². The summed E-state index contributed by atoms with van der Waals surface area (Å²) in [6, 6.07) is 8.85. The summed E-state index contributed by atoms with van der Waals surface area (Å²) in [5.74, 6) is -0.321. The molecule has 1 aromatic carbocycles. The van der Waals surface area contributed by atoms with E-state index in [4.69, 9.17) is 11.6 Å². The molecule has 0 atom stereocenters. The molecular weight excluding hydrogens is 252 g/mol. The molecule has 0 unspecified atom stereocenters. The third-order valence-electron chi connectivity index (χ3n) is 2.33. The van der Waals surface area contributed by atoms with E-state index in [-0.39, 0.29) is 5.91 Å². The van der Waals surface area contributed by atoms with E-state index < -0.39 is 0 Å². The summed E-state index contributed by atoms with van der Waals surface area (Å²) in [7, 11) is 1.69. The maximum Gasteiger partial charge on any atom is 0.289 e. The highest BCUT2D eigenvalue weighted by atomic mass is 35.5. The molecule has 1 amide bonds. The monoisotopic (exact) mass is 262 g/mol. The SMILES string of the molecule is Cn1nccc1C(=O)NN=Cc1ccccc1Cl. The smallest absolute Gasteiger partial charge is 0.266 e. The van der Waals surface area contributed by atoms with Crippen molar-refractivity contribution in [2.24, 2.45) is 12.1 Å². The van der Waals surface area contributed by atoms with E-state index in [1.165, 1.54) is 10.9 Å². The summed E-state index contributed by atoms with van der Waals surface area (Å²) in [6.07, 6.45) is 3.04. The van der Waals surface area contributed by atoms with Crippen LogP contribution in [0.1, 0.15) is 16.1 Å². The summed E-state index contributed by atoms with van der Waals surface area (Å²) in [5.41, 5.74) is 3.59. The predicted molar refractivity (Wildman–Crippen MR) is 69.7 cm³/mol.